The van der Waals surface area contributed by atoms with E-state index in [9.17, 15) is 22.4 Å². The van der Waals surface area contributed by atoms with Crippen LogP contribution < -0.4 is 5.32 Å². The van der Waals surface area contributed by atoms with Gasteiger partial charge in [-0.15, -0.1) is 0 Å². The first-order valence-corrected chi connectivity index (χ1v) is 4.72. The van der Waals surface area contributed by atoms with Crippen LogP contribution in [0.25, 0.3) is 0 Å². The molecule has 0 aromatic carbocycles. The van der Waals surface area contributed by atoms with Crippen LogP contribution >= 0.6 is 0 Å². The topological polar surface area (TPSA) is 38.3 Å². The Morgan fingerprint density at radius 1 is 1.44 bits per heavy atom. The van der Waals surface area contributed by atoms with E-state index in [0.717, 1.165) is 13.0 Å². The highest BCUT2D eigenvalue weighted by molar-refractivity contribution is 5.75. The highest BCUT2D eigenvalue weighted by atomic mass is 19.4. The molecule has 0 saturated carbocycles. The number of halogens is 4. The molecule has 1 fully saturated rings. The summed E-state index contributed by atoms with van der Waals surface area (Å²) in [6, 6.07) is 0. The molecule has 16 heavy (non-hydrogen) atoms. The highest BCUT2D eigenvalue weighted by Gasteiger charge is 2.41. The first kappa shape index (κ1) is 13.0. The fourth-order valence-corrected chi connectivity index (χ4v) is 1.30. The minimum atomic E-state index is -5.07. The number of carbonyl (C=O) groups excluding carboxylic acids is 1. The molecule has 1 aliphatic rings. The monoisotopic (exact) mass is 241 g/mol. The summed E-state index contributed by atoms with van der Waals surface area (Å²) in [6.45, 7) is 0.0872. The number of hydrogen-bond donors (Lipinski definition) is 1. The summed E-state index contributed by atoms with van der Waals surface area (Å²) in [4.78, 5) is 10.3. The van der Waals surface area contributed by atoms with E-state index in [-0.39, 0.29) is 6.54 Å². The van der Waals surface area contributed by atoms with E-state index in [2.05, 4.69) is 10.1 Å². The molecule has 0 aromatic heterocycles. The first-order chi connectivity index (χ1) is 7.41. The fraction of sp³-hybridized carbons (Fsp3) is 0.667. The Kier molecular flexibility index (Phi) is 4.28. The van der Waals surface area contributed by atoms with E-state index >= 15 is 0 Å². The van der Waals surface area contributed by atoms with E-state index in [1.807, 2.05) is 0 Å². The summed E-state index contributed by atoms with van der Waals surface area (Å²) in [7, 11) is 0. The number of piperidine rings is 1. The standard InChI is InChI=1S/C9H11F4NO2/c10-7(6-2-1-3-14-4-6)5-16-8(15)9(11,12)13/h14H,1-5H2. The first-order valence-electron chi connectivity index (χ1n) is 4.72. The van der Waals surface area contributed by atoms with Crippen LogP contribution in [0.5, 0.6) is 0 Å². The maximum atomic E-state index is 13.2. The minimum Gasteiger partial charge on any atom is -0.452 e. The van der Waals surface area contributed by atoms with Crippen LogP contribution in [0.15, 0.2) is 11.4 Å². The van der Waals surface area contributed by atoms with Crippen molar-refractivity contribution in [1.82, 2.24) is 5.32 Å². The molecule has 1 rings (SSSR count). The van der Waals surface area contributed by atoms with Crippen LogP contribution in [0.3, 0.4) is 0 Å². The molecule has 0 aliphatic carbocycles. The molecule has 1 N–H and O–H groups in total. The van der Waals surface area contributed by atoms with Gasteiger partial charge in [-0.2, -0.15) is 13.2 Å². The normalized spacial score (nSPS) is 20.5. The summed E-state index contributed by atoms with van der Waals surface area (Å²) < 4.78 is 52.2. The third-order valence-corrected chi connectivity index (χ3v) is 2.12. The Morgan fingerprint density at radius 3 is 2.62 bits per heavy atom. The summed E-state index contributed by atoms with van der Waals surface area (Å²) >= 11 is 0. The van der Waals surface area contributed by atoms with Crippen LogP contribution in [0, 0.1) is 0 Å². The van der Waals surface area contributed by atoms with Crippen LogP contribution in [0.2, 0.25) is 0 Å². The zero-order valence-corrected chi connectivity index (χ0v) is 8.36. The third-order valence-electron chi connectivity index (χ3n) is 2.12. The maximum absolute atomic E-state index is 13.2. The van der Waals surface area contributed by atoms with Crippen molar-refractivity contribution in [2.75, 3.05) is 19.7 Å². The van der Waals surface area contributed by atoms with E-state index in [1.54, 1.807) is 0 Å². The average Bonchev–Trinajstić information content (AvgIpc) is 2.25. The zero-order valence-electron chi connectivity index (χ0n) is 8.36. The van der Waals surface area contributed by atoms with Gasteiger partial charge in [0.15, 0.2) is 0 Å². The number of carbonyl (C=O) groups is 1. The second-order valence-corrected chi connectivity index (χ2v) is 3.36. The average molecular weight is 241 g/mol. The van der Waals surface area contributed by atoms with Gasteiger partial charge in [-0.05, 0) is 25.0 Å². The molecule has 92 valence electrons. The van der Waals surface area contributed by atoms with Gasteiger partial charge in [0.2, 0.25) is 0 Å². The van der Waals surface area contributed by atoms with Crippen molar-refractivity contribution < 1.29 is 27.1 Å². The van der Waals surface area contributed by atoms with Crippen LogP contribution in [-0.4, -0.2) is 31.8 Å². The predicted octanol–water partition coefficient (Wildman–Crippen LogP) is 1.70. The Bertz CT molecular complexity index is 290. The van der Waals surface area contributed by atoms with Crippen molar-refractivity contribution >= 4 is 5.97 Å². The molecule has 1 heterocycles. The molecule has 0 atom stereocenters. The lowest BCUT2D eigenvalue weighted by atomic mass is 10.1. The van der Waals surface area contributed by atoms with Gasteiger partial charge in [-0.3, -0.25) is 0 Å². The van der Waals surface area contributed by atoms with Crippen molar-refractivity contribution in [3.8, 4) is 0 Å². The molecule has 0 unspecified atom stereocenters. The number of hydrogen-bond acceptors (Lipinski definition) is 3. The summed E-state index contributed by atoms with van der Waals surface area (Å²) in [5.41, 5.74) is 0.362. The molecular formula is C9H11F4NO2. The summed E-state index contributed by atoms with van der Waals surface area (Å²) in [5.74, 6) is -3.17. The van der Waals surface area contributed by atoms with Gasteiger partial charge in [0, 0.05) is 6.54 Å². The Balaban J connectivity index is 2.45. The number of rotatable bonds is 2. The second kappa shape index (κ2) is 5.29. The number of alkyl halides is 3. The van der Waals surface area contributed by atoms with E-state index in [0.29, 0.717) is 12.0 Å². The van der Waals surface area contributed by atoms with Gasteiger partial charge in [0.05, 0.1) is 0 Å². The molecule has 0 radical (unpaired) electrons. The predicted molar refractivity (Wildman–Crippen MR) is 47.3 cm³/mol. The van der Waals surface area contributed by atoms with Gasteiger partial charge >= 0.3 is 12.1 Å². The fourth-order valence-electron chi connectivity index (χ4n) is 1.30. The van der Waals surface area contributed by atoms with Crippen molar-refractivity contribution in [1.29, 1.82) is 0 Å². The Hall–Kier alpha value is -1.11. The largest absolute Gasteiger partial charge is 0.490 e. The zero-order chi connectivity index (χ0) is 12.2. The number of esters is 1. The smallest absolute Gasteiger partial charge is 0.452 e. The maximum Gasteiger partial charge on any atom is 0.490 e. The second-order valence-electron chi connectivity index (χ2n) is 3.36. The SMILES string of the molecule is O=C(OCC(F)=C1CCCNC1)C(F)(F)F. The van der Waals surface area contributed by atoms with Gasteiger partial charge < -0.3 is 10.1 Å². The van der Waals surface area contributed by atoms with Crippen molar-refractivity contribution in [3.05, 3.63) is 11.4 Å². The molecule has 0 aromatic rings. The molecular weight excluding hydrogens is 230 g/mol. The molecule has 0 spiro atoms. The van der Waals surface area contributed by atoms with Crippen molar-refractivity contribution in [2.45, 2.75) is 19.0 Å². The molecule has 0 bridgehead atoms. The van der Waals surface area contributed by atoms with Gasteiger partial charge in [0.1, 0.15) is 12.4 Å². The summed E-state index contributed by atoms with van der Waals surface area (Å²) in [5, 5.41) is 2.87. The van der Waals surface area contributed by atoms with E-state index in [4.69, 9.17) is 0 Å². The van der Waals surface area contributed by atoms with E-state index in [1.165, 1.54) is 0 Å². The minimum absolute atomic E-state index is 0.287. The third kappa shape index (κ3) is 3.80. The molecule has 7 heteroatoms. The van der Waals surface area contributed by atoms with Crippen molar-refractivity contribution in [2.24, 2.45) is 0 Å². The lowest BCUT2D eigenvalue weighted by Crippen LogP contribution is -2.27. The Labute approximate surface area is 89.5 Å². The number of nitrogens with one attached hydrogen (secondary N) is 1. The van der Waals surface area contributed by atoms with Crippen molar-refractivity contribution in [3.63, 3.8) is 0 Å². The molecule has 1 saturated heterocycles. The highest BCUT2D eigenvalue weighted by Crippen LogP contribution is 2.19. The van der Waals surface area contributed by atoms with Gasteiger partial charge in [-0.25, -0.2) is 9.18 Å². The van der Waals surface area contributed by atoms with Crippen LogP contribution in [-0.2, 0) is 9.53 Å². The van der Waals surface area contributed by atoms with Gasteiger partial charge in [0.25, 0.3) is 0 Å². The lowest BCUT2D eigenvalue weighted by Gasteiger charge is -2.16. The Morgan fingerprint density at radius 2 is 2.12 bits per heavy atom. The van der Waals surface area contributed by atoms with Crippen LogP contribution in [0.1, 0.15) is 12.8 Å². The van der Waals surface area contributed by atoms with Gasteiger partial charge in [-0.1, -0.05) is 0 Å². The van der Waals surface area contributed by atoms with E-state index < -0.39 is 24.6 Å². The number of ether oxygens (including phenoxy) is 1. The molecule has 1 aliphatic heterocycles. The quantitative estimate of drug-likeness (QED) is 0.590. The molecule has 3 nitrogen and oxygen atoms in total. The summed E-state index contributed by atoms with van der Waals surface area (Å²) in [6.07, 6.45) is -3.88. The lowest BCUT2D eigenvalue weighted by molar-refractivity contribution is -0.199. The van der Waals surface area contributed by atoms with Crippen LogP contribution in [0.4, 0.5) is 17.6 Å². The molecule has 0 amide bonds.